The highest BCUT2D eigenvalue weighted by Crippen LogP contribution is 2.11. The maximum Gasteiger partial charge on any atom is 0.320 e. The monoisotopic (exact) mass is 723 g/mol. The van der Waals surface area contributed by atoms with Gasteiger partial charge >= 0.3 is 5.97 Å². The van der Waals surface area contributed by atoms with Gasteiger partial charge in [-0.25, -0.2) is 0 Å². The Hall–Kier alpha value is -3.12. The van der Waals surface area contributed by atoms with Gasteiger partial charge in [0, 0.05) is 32.4 Å². The number of hydrogen-bond acceptors (Lipinski definition) is 8. The molecule has 0 saturated carbocycles. The Labute approximate surface area is 310 Å². The molecule has 0 aliphatic carbocycles. The summed E-state index contributed by atoms with van der Waals surface area (Å²) in [5, 5.41) is 28.8. The summed E-state index contributed by atoms with van der Waals surface area (Å²) < 4.78 is 5.75. The van der Waals surface area contributed by atoms with Crippen LogP contribution in [-0.4, -0.2) is 84.9 Å². The van der Waals surface area contributed by atoms with Crippen molar-refractivity contribution >= 4 is 23.6 Å². The summed E-state index contributed by atoms with van der Waals surface area (Å²) in [6, 6.07) is 7.53. The van der Waals surface area contributed by atoms with Gasteiger partial charge in [-0.05, 0) is 90.3 Å². The van der Waals surface area contributed by atoms with Crippen LogP contribution in [0, 0.1) is 0 Å². The second-order valence-corrected chi connectivity index (χ2v) is 12.4. The largest absolute Gasteiger partial charge is 0.480 e. The van der Waals surface area contributed by atoms with Crippen LogP contribution in [0.4, 0.5) is 0 Å². The molecule has 0 spiro atoms. The van der Waals surface area contributed by atoms with Crippen molar-refractivity contribution in [1.29, 1.82) is 0 Å². The third-order valence-corrected chi connectivity index (χ3v) is 7.66. The van der Waals surface area contributed by atoms with Gasteiger partial charge in [0.25, 0.3) is 0 Å². The number of Topliss-reactive ketones (excluding diaryl/α,β-unsaturated/α-hetero) is 1. The summed E-state index contributed by atoms with van der Waals surface area (Å²) in [4.78, 5) is 46.2. The number of carbonyl (C=O) groups excluding carboxylic acids is 3. The maximum absolute atomic E-state index is 11.9. The predicted molar refractivity (Wildman–Crippen MR) is 210 cm³/mol. The molecule has 1 aromatic rings. The van der Waals surface area contributed by atoms with E-state index in [1.807, 2.05) is 55.4 Å². The van der Waals surface area contributed by atoms with Crippen molar-refractivity contribution in [1.82, 2.24) is 21.3 Å². The second kappa shape index (κ2) is 34.0. The minimum absolute atomic E-state index is 0.0356. The number of rotatable bonds is 25. The molecular weight excluding hydrogens is 648 g/mol. The average Bonchev–Trinajstić information content (AvgIpc) is 3.12. The van der Waals surface area contributed by atoms with Crippen molar-refractivity contribution < 1.29 is 34.1 Å². The second-order valence-electron chi connectivity index (χ2n) is 12.4. The number of hydrogen-bond donors (Lipinski definition) is 6. The number of benzene rings is 1. The highest BCUT2D eigenvalue weighted by atomic mass is 16.5. The van der Waals surface area contributed by atoms with E-state index in [0.29, 0.717) is 58.2 Å². The van der Waals surface area contributed by atoms with Gasteiger partial charge in [-0.3, -0.25) is 24.5 Å². The van der Waals surface area contributed by atoms with Crippen LogP contribution in [0.25, 0.3) is 0 Å². The van der Waals surface area contributed by atoms with Crippen LogP contribution < -0.4 is 21.3 Å². The highest BCUT2D eigenvalue weighted by molar-refractivity contribution is 5.84. The first-order valence-corrected chi connectivity index (χ1v) is 18.9. The third-order valence-electron chi connectivity index (χ3n) is 7.66. The van der Waals surface area contributed by atoms with Crippen molar-refractivity contribution in [3.63, 3.8) is 0 Å². The molecule has 11 nitrogen and oxygen atoms in total. The lowest BCUT2D eigenvalue weighted by Crippen LogP contribution is -2.41. The van der Waals surface area contributed by atoms with E-state index < -0.39 is 17.6 Å². The number of likely N-dealkylation sites (N-methyl/N-ethyl adjacent to an activating group) is 1. The fourth-order valence-electron chi connectivity index (χ4n) is 4.55. The Balaban J connectivity index is -0.000000829. The minimum Gasteiger partial charge on any atom is -0.480 e. The number of carbonyl (C=O) groups is 4. The van der Waals surface area contributed by atoms with Gasteiger partial charge in [0.05, 0.1) is 25.0 Å². The molecule has 296 valence electrons. The van der Waals surface area contributed by atoms with Crippen LogP contribution in [0.3, 0.4) is 0 Å². The zero-order valence-electron chi connectivity index (χ0n) is 33.7. The van der Waals surface area contributed by atoms with E-state index in [-0.39, 0.29) is 30.4 Å². The molecule has 0 saturated heterocycles. The topological polar surface area (TPSA) is 166 Å². The first-order valence-electron chi connectivity index (χ1n) is 18.9. The van der Waals surface area contributed by atoms with E-state index in [1.165, 1.54) is 11.1 Å². The molecule has 6 N–H and O–H groups in total. The quantitative estimate of drug-likeness (QED) is 0.0397. The zero-order valence-corrected chi connectivity index (χ0v) is 33.7. The van der Waals surface area contributed by atoms with Crippen LogP contribution in [0.5, 0.6) is 0 Å². The number of amides is 2. The molecule has 2 atom stereocenters. The number of carboxylic acid groups (broad SMARTS) is 1. The molecule has 0 aliphatic heterocycles. The number of nitrogens with one attached hydrogen (secondary N) is 4. The van der Waals surface area contributed by atoms with Crippen molar-refractivity contribution in [2.24, 2.45) is 0 Å². The summed E-state index contributed by atoms with van der Waals surface area (Å²) in [6.45, 7) is 22.9. The Morgan fingerprint density at radius 1 is 0.843 bits per heavy atom. The van der Waals surface area contributed by atoms with E-state index in [2.05, 4.69) is 59.0 Å². The normalized spacial score (nSPS) is 11.6. The van der Waals surface area contributed by atoms with Gasteiger partial charge in [0.2, 0.25) is 11.8 Å². The summed E-state index contributed by atoms with van der Waals surface area (Å²) >= 11 is 0. The number of carboxylic acids is 1. The van der Waals surface area contributed by atoms with Gasteiger partial charge < -0.3 is 30.9 Å². The number of aliphatic hydroxyl groups excluding tert-OH is 1. The summed E-state index contributed by atoms with van der Waals surface area (Å²) in [5.74, 6) is -0.849. The minimum atomic E-state index is -0.968. The van der Waals surface area contributed by atoms with E-state index in [4.69, 9.17) is 14.9 Å². The van der Waals surface area contributed by atoms with Gasteiger partial charge in [-0.1, -0.05) is 71.4 Å². The molecule has 0 fully saturated rings. The Morgan fingerprint density at radius 3 is 1.94 bits per heavy atom. The molecule has 0 aliphatic rings. The van der Waals surface area contributed by atoms with Gasteiger partial charge in [0.1, 0.15) is 11.8 Å². The molecule has 1 aromatic carbocycles. The molecule has 2 unspecified atom stereocenters. The van der Waals surface area contributed by atoms with Gasteiger partial charge in [0.15, 0.2) is 0 Å². The van der Waals surface area contributed by atoms with Crippen LogP contribution in [-0.2, 0) is 36.8 Å². The third kappa shape index (κ3) is 30.2. The molecule has 2 amide bonds. The zero-order chi connectivity index (χ0) is 39.7. The van der Waals surface area contributed by atoms with Crippen molar-refractivity contribution in [2.75, 3.05) is 33.5 Å². The summed E-state index contributed by atoms with van der Waals surface area (Å²) in [7, 11) is 1.74. The molecular formula is C40H74N4O7. The highest BCUT2D eigenvalue weighted by Gasteiger charge is 2.21. The first kappa shape index (κ1) is 52.2. The Kier molecular flexibility index (Phi) is 34.8. The van der Waals surface area contributed by atoms with Crippen molar-refractivity contribution in [3.8, 4) is 0 Å². The lowest BCUT2D eigenvalue weighted by Gasteiger charge is -2.26. The van der Waals surface area contributed by atoms with Crippen molar-refractivity contribution in [2.45, 2.75) is 151 Å². The Morgan fingerprint density at radius 2 is 1.43 bits per heavy atom. The summed E-state index contributed by atoms with van der Waals surface area (Å²) in [6.07, 6.45) is 7.23. The van der Waals surface area contributed by atoms with Crippen LogP contribution >= 0.6 is 0 Å². The number of ketones is 1. The number of aliphatic carboxylic acids is 1. The lowest BCUT2D eigenvalue weighted by atomic mass is 10.0. The van der Waals surface area contributed by atoms with E-state index in [9.17, 15) is 19.2 Å². The standard InChI is InChI=1S/C19H30N2O4.C17H32N2O3.2C2H6/c1-2-15-9-11-16(12-10-15)6-5-8-18(23)20-13-4-3-7-17(19(24)25)21-14-22;1-7-15(20)14(18-6)8-9-16(21)19-12-17(4,5)22-11-10-13(2)3;2*1-2/h9-12,17,21-22H,2-8,13-14H2,1H3,(H,20,23)(H,24,25);14,18H,2,7-12H2,1,3-6H3,(H,19,21);2*1-2H3. The number of ether oxygens (including phenoxy) is 1. The smallest absolute Gasteiger partial charge is 0.320 e. The van der Waals surface area contributed by atoms with Crippen molar-refractivity contribution in [3.05, 3.63) is 47.5 Å². The van der Waals surface area contributed by atoms with Crippen LogP contribution in [0.1, 0.15) is 131 Å². The van der Waals surface area contributed by atoms with Gasteiger partial charge in [-0.2, -0.15) is 0 Å². The van der Waals surface area contributed by atoms with Gasteiger partial charge in [-0.15, -0.1) is 6.58 Å². The number of aliphatic hydroxyl groups is 1. The molecule has 0 radical (unpaired) electrons. The molecule has 51 heavy (non-hydrogen) atoms. The fourth-order valence-corrected chi connectivity index (χ4v) is 4.55. The maximum atomic E-state index is 11.9. The average molecular weight is 723 g/mol. The Bertz CT molecular complexity index is 1060. The molecule has 0 aromatic heterocycles. The number of aryl methyl sites for hydroxylation is 2. The van der Waals surface area contributed by atoms with E-state index in [1.54, 1.807) is 7.05 Å². The fraction of sp³-hybridized carbons (Fsp3) is 0.700. The van der Waals surface area contributed by atoms with E-state index >= 15 is 0 Å². The molecule has 11 heteroatoms. The number of unbranched alkanes of at least 4 members (excludes halogenated alkanes) is 1. The predicted octanol–water partition coefficient (Wildman–Crippen LogP) is 6.11. The van der Waals surface area contributed by atoms with Crippen LogP contribution in [0.15, 0.2) is 36.4 Å². The first-order chi connectivity index (χ1) is 24.3. The SMILES string of the molecule is C=C(C)CCOC(C)(C)CNC(=O)CCC(NC)C(=O)CC.CC.CC.CCc1ccc(CCCC(=O)NCCCCC(NCO)C(=O)O)cc1. The van der Waals surface area contributed by atoms with Crippen LogP contribution in [0.2, 0.25) is 0 Å². The van der Waals surface area contributed by atoms with E-state index in [0.717, 1.165) is 37.7 Å². The summed E-state index contributed by atoms with van der Waals surface area (Å²) in [5.41, 5.74) is 3.24. The lowest BCUT2D eigenvalue weighted by molar-refractivity contribution is -0.140. The molecule has 0 bridgehead atoms. The molecule has 0 heterocycles. The molecule has 1 rings (SSSR count).